The Balaban J connectivity index is 1.51. The molecule has 3 N–H and O–H groups in total. The number of aromatic nitrogens is 6. The number of halogens is 2. The first-order chi connectivity index (χ1) is 16.8. The molecule has 35 heavy (non-hydrogen) atoms. The van der Waals surface area contributed by atoms with Crippen molar-refractivity contribution in [1.82, 2.24) is 34.7 Å². The predicted octanol–water partition coefficient (Wildman–Crippen LogP) is 4.04. The number of nitrogens with two attached hydrogens (primary N) is 1. The molecular weight excluding hydrogens is 454 g/mol. The molecule has 0 bridgehead atoms. The van der Waals surface area contributed by atoms with E-state index in [1.807, 2.05) is 24.7 Å². The van der Waals surface area contributed by atoms with E-state index in [1.165, 1.54) is 16.8 Å². The van der Waals surface area contributed by atoms with Crippen molar-refractivity contribution in [3.63, 3.8) is 0 Å². The molecule has 0 aliphatic heterocycles. The van der Waals surface area contributed by atoms with Crippen LogP contribution in [0.15, 0.2) is 42.9 Å². The number of fused-ring (bicyclic) bond motifs is 1. The lowest BCUT2D eigenvalue weighted by Gasteiger charge is -2.17. The van der Waals surface area contributed by atoms with E-state index in [0.29, 0.717) is 17.3 Å². The average molecular weight is 481 g/mol. The Labute approximate surface area is 200 Å². The van der Waals surface area contributed by atoms with Crippen LogP contribution in [0.25, 0.3) is 16.8 Å². The maximum absolute atomic E-state index is 13.0. The quantitative estimate of drug-likeness (QED) is 0.393. The van der Waals surface area contributed by atoms with Gasteiger partial charge in [-0.05, 0) is 61.4 Å². The first-order valence-corrected chi connectivity index (χ1v) is 11.6. The van der Waals surface area contributed by atoms with E-state index in [2.05, 4.69) is 25.5 Å². The number of nitrogens with one attached hydrogen (secondary N) is 1. The van der Waals surface area contributed by atoms with Crippen LogP contribution in [0.1, 0.15) is 67.3 Å². The van der Waals surface area contributed by atoms with Crippen molar-refractivity contribution >= 4 is 17.5 Å². The summed E-state index contributed by atoms with van der Waals surface area (Å²) in [5, 5.41) is 11.7. The summed E-state index contributed by atoms with van der Waals surface area (Å²) in [6.07, 6.45) is 5.37. The summed E-state index contributed by atoms with van der Waals surface area (Å²) in [5.41, 5.74) is 8.70. The van der Waals surface area contributed by atoms with Crippen molar-refractivity contribution in [3.05, 3.63) is 59.8 Å². The van der Waals surface area contributed by atoms with Gasteiger partial charge in [0.25, 0.3) is 12.3 Å². The van der Waals surface area contributed by atoms with Crippen LogP contribution < -0.4 is 11.1 Å². The summed E-state index contributed by atoms with van der Waals surface area (Å²) < 4.78 is 29.2. The monoisotopic (exact) mass is 480 g/mol. The summed E-state index contributed by atoms with van der Waals surface area (Å²) >= 11 is 0. The van der Waals surface area contributed by atoms with Gasteiger partial charge in [0.2, 0.25) is 5.95 Å². The van der Waals surface area contributed by atoms with Crippen molar-refractivity contribution in [2.75, 3.05) is 5.73 Å². The Morgan fingerprint density at radius 2 is 2.03 bits per heavy atom. The predicted molar refractivity (Wildman–Crippen MR) is 126 cm³/mol. The molecule has 1 aliphatic carbocycles. The highest BCUT2D eigenvalue weighted by molar-refractivity contribution is 5.95. The van der Waals surface area contributed by atoms with E-state index in [-0.39, 0.29) is 29.6 Å². The first kappa shape index (κ1) is 22.9. The van der Waals surface area contributed by atoms with E-state index >= 15 is 0 Å². The van der Waals surface area contributed by atoms with Gasteiger partial charge in [-0.1, -0.05) is 13.0 Å². The summed E-state index contributed by atoms with van der Waals surface area (Å²) in [6, 6.07) is 6.49. The van der Waals surface area contributed by atoms with Gasteiger partial charge in [-0.2, -0.15) is 10.1 Å². The van der Waals surface area contributed by atoms with Crippen LogP contribution in [0.5, 0.6) is 0 Å². The molecule has 1 saturated carbocycles. The zero-order valence-electron chi connectivity index (χ0n) is 19.4. The molecule has 0 saturated heterocycles. The van der Waals surface area contributed by atoms with Gasteiger partial charge in [0.05, 0.1) is 12.2 Å². The molecule has 182 valence electrons. The summed E-state index contributed by atoms with van der Waals surface area (Å²) in [5.74, 6) is 0.158. The minimum Gasteiger partial charge on any atom is -0.366 e. The summed E-state index contributed by atoms with van der Waals surface area (Å²) in [6.45, 7) is 3.92. The Morgan fingerprint density at radius 1 is 1.23 bits per heavy atom. The van der Waals surface area contributed by atoms with E-state index in [4.69, 9.17) is 5.73 Å². The highest BCUT2D eigenvalue weighted by Crippen LogP contribution is 2.43. The lowest BCUT2D eigenvalue weighted by molar-refractivity contribution is 0.0931. The second kappa shape index (κ2) is 9.05. The molecule has 5 rings (SSSR count). The van der Waals surface area contributed by atoms with Crippen LogP contribution in [-0.2, 0) is 0 Å². The normalized spacial score (nSPS) is 15.5. The molecule has 9 nitrogen and oxygen atoms in total. The molecule has 0 aromatic carbocycles. The fourth-order valence-corrected chi connectivity index (χ4v) is 4.14. The third kappa shape index (κ3) is 4.58. The van der Waals surface area contributed by atoms with Crippen LogP contribution in [0, 0.1) is 5.92 Å². The second-order valence-corrected chi connectivity index (χ2v) is 8.96. The smallest absolute Gasteiger partial charge is 0.280 e. The number of carbonyl (C=O) groups is 1. The number of rotatable bonds is 8. The third-order valence-corrected chi connectivity index (χ3v) is 6.34. The molecule has 4 aromatic rings. The minimum atomic E-state index is -2.60. The van der Waals surface area contributed by atoms with Gasteiger partial charge in [0.15, 0.2) is 5.65 Å². The number of pyridine rings is 2. The summed E-state index contributed by atoms with van der Waals surface area (Å²) in [4.78, 5) is 21.1. The molecule has 0 spiro atoms. The number of carbonyl (C=O) groups excluding carboxylic acids is 1. The van der Waals surface area contributed by atoms with E-state index in [9.17, 15) is 13.6 Å². The Morgan fingerprint density at radius 3 is 2.69 bits per heavy atom. The molecule has 0 radical (unpaired) electrons. The van der Waals surface area contributed by atoms with Gasteiger partial charge < -0.3 is 11.1 Å². The zero-order valence-corrected chi connectivity index (χ0v) is 19.4. The third-order valence-electron chi connectivity index (χ3n) is 6.34. The van der Waals surface area contributed by atoms with Crippen molar-refractivity contribution in [2.24, 2.45) is 5.92 Å². The summed E-state index contributed by atoms with van der Waals surface area (Å²) in [7, 11) is 0. The van der Waals surface area contributed by atoms with E-state index < -0.39 is 6.43 Å². The number of nitrogen functional groups attached to an aromatic ring is 1. The number of anilines is 1. The van der Waals surface area contributed by atoms with Gasteiger partial charge in [-0.3, -0.25) is 14.5 Å². The number of amides is 1. The number of nitrogens with zero attached hydrogens (tertiary/aromatic N) is 6. The zero-order chi connectivity index (χ0) is 24.7. The fourth-order valence-electron chi connectivity index (χ4n) is 4.14. The Kier molecular flexibility index (Phi) is 5.91. The maximum atomic E-state index is 13.0. The lowest BCUT2D eigenvalue weighted by Crippen LogP contribution is -2.33. The maximum Gasteiger partial charge on any atom is 0.280 e. The van der Waals surface area contributed by atoms with Crippen molar-refractivity contribution in [3.8, 4) is 11.1 Å². The molecule has 4 aromatic heterocycles. The fraction of sp³-hybridized carbons (Fsp3) is 0.375. The van der Waals surface area contributed by atoms with Gasteiger partial charge in [0.1, 0.15) is 11.4 Å². The van der Waals surface area contributed by atoms with Crippen LogP contribution in [0.4, 0.5) is 14.7 Å². The highest BCUT2D eigenvalue weighted by atomic mass is 19.3. The number of hydrogen-bond donors (Lipinski definition) is 2. The van der Waals surface area contributed by atoms with E-state index in [0.717, 1.165) is 36.0 Å². The van der Waals surface area contributed by atoms with Crippen LogP contribution in [0.3, 0.4) is 0 Å². The Hall–Kier alpha value is -3.89. The van der Waals surface area contributed by atoms with E-state index in [1.54, 1.807) is 24.4 Å². The number of hydrogen-bond acceptors (Lipinski definition) is 6. The topological polar surface area (TPSA) is 116 Å². The van der Waals surface area contributed by atoms with Crippen LogP contribution >= 0.6 is 0 Å². The standard InChI is InChI=1S/C24H26F2N8O/c1-3-13(2)30-23(35)19-8-16(9-20-31-24(27)32-34(19)20)17-11-29-33(12-17)21(14-4-5-14)15-6-7-18(22(25)26)28-10-15/h6-14,21-22H,3-5H2,1-2H3,(H2,27,32)(H,30,35)/t13-,21?/m0/s1. The highest BCUT2D eigenvalue weighted by Gasteiger charge is 2.34. The van der Waals surface area contributed by atoms with Crippen LogP contribution in [-0.4, -0.2) is 41.3 Å². The van der Waals surface area contributed by atoms with Gasteiger partial charge in [-0.15, -0.1) is 5.10 Å². The number of alkyl halides is 2. The van der Waals surface area contributed by atoms with Gasteiger partial charge in [0, 0.05) is 24.0 Å². The first-order valence-electron chi connectivity index (χ1n) is 11.6. The molecule has 1 fully saturated rings. The molecule has 1 amide bonds. The molecule has 2 atom stereocenters. The Bertz CT molecular complexity index is 1360. The van der Waals surface area contributed by atoms with Crippen molar-refractivity contribution in [2.45, 2.75) is 51.6 Å². The SMILES string of the molecule is CC[C@H](C)NC(=O)c1cc(-c2cnn(C(c3ccc(C(F)F)nc3)C3CC3)c2)cc2nc(N)nn12. The minimum absolute atomic E-state index is 0.00538. The molecule has 4 heterocycles. The van der Waals surface area contributed by atoms with Gasteiger partial charge in [-0.25, -0.2) is 13.3 Å². The largest absolute Gasteiger partial charge is 0.366 e. The molecule has 1 aliphatic rings. The van der Waals surface area contributed by atoms with Crippen molar-refractivity contribution < 1.29 is 13.6 Å². The van der Waals surface area contributed by atoms with Gasteiger partial charge >= 0.3 is 0 Å². The molecule has 1 unspecified atom stereocenters. The molecule has 11 heteroatoms. The van der Waals surface area contributed by atoms with Crippen LogP contribution in [0.2, 0.25) is 0 Å². The average Bonchev–Trinajstić information content (AvgIpc) is 3.41. The second-order valence-electron chi connectivity index (χ2n) is 8.96. The lowest BCUT2D eigenvalue weighted by atomic mass is 10.0. The molecular formula is C24H26F2N8O. The van der Waals surface area contributed by atoms with Crippen molar-refractivity contribution in [1.29, 1.82) is 0 Å².